The smallest absolute Gasteiger partial charge is 0.145 e. The standard InChI is InChI=1S/C28H32N2OS/c31-27(22-7-2-1-3-8-22)25(26-11-4-5-16-29-26)14-19-30-17-12-21(13-18-30)24-10-6-9-23-15-20-32-28(23)24/h4-6,9-12,15-16,20,22,25H,1-3,7-8,13-14,17-19H2. The van der Waals surface area contributed by atoms with Crippen LogP contribution in [-0.4, -0.2) is 35.3 Å². The van der Waals surface area contributed by atoms with Crippen LogP contribution in [0.15, 0.2) is 60.1 Å². The molecule has 4 heteroatoms. The van der Waals surface area contributed by atoms with Crippen LogP contribution in [0.3, 0.4) is 0 Å². The molecule has 1 fully saturated rings. The third kappa shape index (κ3) is 4.72. The third-order valence-corrected chi connectivity index (χ3v) is 8.21. The first-order valence-corrected chi connectivity index (χ1v) is 13.0. The van der Waals surface area contributed by atoms with Gasteiger partial charge < -0.3 is 0 Å². The molecule has 0 saturated heterocycles. The average Bonchev–Trinajstić information content (AvgIpc) is 3.35. The van der Waals surface area contributed by atoms with Gasteiger partial charge >= 0.3 is 0 Å². The molecule has 1 saturated carbocycles. The van der Waals surface area contributed by atoms with E-state index in [1.807, 2.05) is 35.7 Å². The number of carbonyl (C=O) groups is 1. The Morgan fingerprint density at radius 1 is 1.09 bits per heavy atom. The van der Waals surface area contributed by atoms with Crippen molar-refractivity contribution in [3.63, 3.8) is 0 Å². The number of ketones is 1. The Bertz CT molecular complexity index is 1080. The Hall–Kier alpha value is -2.30. The van der Waals surface area contributed by atoms with Crippen LogP contribution in [0.2, 0.25) is 0 Å². The Balaban J connectivity index is 1.26. The predicted octanol–water partition coefficient (Wildman–Crippen LogP) is 6.71. The van der Waals surface area contributed by atoms with Crippen LogP contribution in [-0.2, 0) is 4.79 Å². The molecule has 0 bridgehead atoms. The highest BCUT2D eigenvalue weighted by Crippen LogP contribution is 2.34. The van der Waals surface area contributed by atoms with Gasteiger partial charge in [-0.25, -0.2) is 0 Å². The summed E-state index contributed by atoms with van der Waals surface area (Å²) >= 11 is 1.84. The first-order chi connectivity index (χ1) is 15.8. The number of hydrogen-bond donors (Lipinski definition) is 0. The van der Waals surface area contributed by atoms with Crippen LogP contribution in [0.25, 0.3) is 15.7 Å². The second-order valence-corrected chi connectivity index (χ2v) is 10.2. The molecule has 1 aliphatic carbocycles. The van der Waals surface area contributed by atoms with Gasteiger partial charge in [0, 0.05) is 29.9 Å². The number of carbonyl (C=O) groups excluding carboxylic acids is 1. The van der Waals surface area contributed by atoms with Gasteiger partial charge in [0.15, 0.2) is 0 Å². The molecule has 1 aliphatic heterocycles. The maximum absolute atomic E-state index is 13.4. The zero-order valence-corrected chi connectivity index (χ0v) is 19.5. The number of nitrogens with zero attached hydrogens (tertiary/aromatic N) is 2. The highest BCUT2D eigenvalue weighted by atomic mass is 32.1. The van der Waals surface area contributed by atoms with Gasteiger partial charge in [-0.05, 0) is 72.3 Å². The van der Waals surface area contributed by atoms with Gasteiger partial charge in [-0.15, -0.1) is 11.3 Å². The molecule has 5 rings (SSSR count). The van der Waals surface area contributed by atoms with Crippen LogP contribution in [0, 0.1) is 5.92 Å². The molecular weight excluding hydrogens is 412 g/mol. The zero-order valence-electron chi connectivity index (χ0n) is 18.7. The number of aromatic nitrogens is 1. The summed E-state index contributed by atoms with van der Waals surface area (Å²) in [4.78, 5) is 20.5. The van der Waals surface area contributed by atoms with E-state index in [1.54, 1.807) is 0 Å². The molecule has 0 amide bonds. The molecule has 3 heterocycles. The first kappa shape index (κ1) is 21.5. The number of Topliss-reactive ketones (excluding diaryl/α,β-unsaturated/α-hetero) is 1. The van der Waals surface area contributed by atoms with E-state index < -0.39 is 0 Å². The van der Waals surface area contributed by atoms with Crippen LogP contribution in [0.4, 0.5) is 0 Å². The van der Waals surface area contributed by atoms with Crippen molar-refractivity contribution >= 4 is 32.8 Å². The molecule has 32 heavy (non-hydrogen) atoms. The topological polar surface area (TPSA) is 33.2 Å². The Morgan fingerprint density at radius 2 is 2.00 bits per heavy atom. The molecular formula is C28H32N2OS. The van der Waals surface area contributed by atoms with Crippen LogP contribution >= 0.6 is 11.3 Å². The number of thiophene rings is 1. The molecule has 1 aromatic carbocycles. The van der Waals surface area contributed by atoms with Gasteiger partial charge in [-0.2, -0.15) is 0 Å². The quantitative estimate of drug-likeness (QED) is 0.406. The summed E-state index contributed by atoms with van der Waals surface area (Å²) in [5, 5.41) is 3.53. The fourth-order valence-corrected chi connectivity index (χ4v) is 6.36. The highest BCUT2D eigenvalue weighted by Gasteiger charge is 2.30. The van der Waals surface area contributed by atoms with Gasteiger partial charge in [0.1, 0.15) is 5.78 Å². The molecule has 0 spiro atoms. The number of benzene rings is 1. The van der Waals surface area contributed by atoms with Crippen molar-refractivity contribution in [3.05, 3.63) is 71.4 Å². The van der Waals surface area contributed by atoms with E-state index in [1.165, 1.54) is 40.5 Å². The van der Waals surface area contributed by atoms with Crippen LogP contribution in [0.5, 0.6) is 0 Å². The Kier molecular flexibility index (Phi) is 6.80. The van der Waals surface area contributed by atoms with E-state index >= 15 is 0 Å². The monoisotopic (exact) mass is 444 g/mol. The summed E-state index contributed by atoms with van der Waals surface area (Å²) in [6.45, 7) is 2.97. The van der Waals surface area contributed by atoms with Crippen molar-refractivity contribution in [2.75, 3.05) is 19.6 Å². The maximum Gasteiger partial charge on any atom is 0.145 e. The lowest BCUT2D eigenvalue weighted by atomic mass is 9.79. The molecule has 1 unspecified atom stereocenters. The van der Waals surface area contributed by atoms with Crippen LogP contribution in [0.1, 0.15) is 62.1 Å². The van der Waals surface area contributed by atoms with Gasteiger partial charge in [-0.1, -0.05) is 49.6 Å². The molecule has 0 radical (unpaired) electrons. The van der Waals surface area contributed by atoms with Gasteiger partial charge in [-0.3, -0.25) is 14.7 Å². The summed E-state index contributed by atoms with van der Waals surface area (Å²) in [7, 11) is 0. The number of pyridine rings is 1. The second-order valence-electron chi connectivity index (χ2n) is 9.26. The minimum Gasteiger partial charge on any atom is -0.299 e. The first-order valence-electron chi connectivity index (χ1n) is 12.1. The van der Waals surface area contributed by atoms with E-state index in [0.29, 0.717) is 5.78 Å². The van der Waals surface area contributed by atoms with E-state index in [4.69, 9.17) is 0 Å². The largest absolute Gasteiger partial charge is 0.299 e. The summed E-state index contributed by atoms with van der Waals surface area (Å²) in [6, 6.07) is 14.8. The minimum atomic E-state index is -0.0652. The fraction of sp³-hybridized carbons (Fsp3) is 0.429. The van der Waals surface area contributed by atoms with Gasteiger partial charge in [0.2, 0.25) is 0 Å². The van der Waals surface area contributed by atoms with Crippen LogP contribution < -0.4 is 0 Å². The van der Waals surface area contributed by atoms with E-state index in [-0.39, 0.29) is 11.8 Å². The summed E-state index contributed by atoms with van der Waals surface area (Å²) in [6.07, 6.45) is 12.0. The fourth-order valence-electron chi connectivity index (χ4n) is 5.41. The van der Waals surface area contributed by atoms with Crippen molar-refractivity contribution in [1.82, 2.24) is 9.88 Å². The Morgan fingerprint density at radius 3 is 2.78 bits per heavy atom. The molecule has 166 valence electrons. The van der Waals surface area contributed by atoms with Crippen molar-refractivity contribution in [1.29, 1.82) is 0 Å². The maximum atomic E-state index is 13.4. The predicted molar refractivity (Wildman–Crippen MR) is 134 cm³/mol. The molecule has 3 aromatic rings. The second kappa shape index (κ2) is 10.1. The average molecular weight is 445 g/mol. The normalized spacial score (nSPS) is 19.1. The van der Waals surface area contributed by atoms with Crippen molar-refractivity contribution in [2.45, 2.75) is 50.9 Å². The summed E-state index contributed by atoms with van der Waals surface area (Å²) < 4.78 is 1.40. The van der Waals surface area contributed by atoms with Gasteiger partial charge in [0.25, 0.3) is 0 Å². The van der Waals surface area contributed by atoms with Gasteiger partial charge in [0.05, 0.1) is 11.6 Å². The molecule has 1 atom stereocenters. The molecule has 0 N–H and O–H groups in total. The van der Waals surface area contributed by atoms with E-state index in [2.05, 4.69) is 45.6 Å². The highest BCUT2D eigenvalue weighted by molar-refractivity contribution is 7.17. The SMILES string of the molecule is O=C(C1CCCCC1)C(CCN1CC=C(c2cccc3ccsc23)CC1)c1ccccn1. The number of rotatable bonds is 7. The summed E-state index contributed by atoms with van der Waals surface area (Å²) in [5.74, 6) is 0.598. The minimum absolute atomic E-state index is 0.0652. The lowest BCUT2D eigenvalue weighted by Gasteiger charge is -2.29. The molecule has 3 nitrogen and oxygen atoms in total. The molecule has 2 aliphatic rings. The number of hydrogen-bond acceptors (Lipinski definition) is 4. The zero-order chi connectivity index (χ0) is 21.8. The third-order valence-electron chi connectivity index (χ3n) is 7.25. The van der Waals surface area contributed by atoms with E-state index in [9.17, 15) is 4.79 Å². The van der Waals surface area contributed by atoms with E-state index in [0.717, 1.165) is 51.0 Å². The molecule has 2 aromatic heterocycles. The van der Waals surface area contributed by atoms with Crippen molar-refractivity contribution in [3.8, 4) is 0 Å². The number of fused-ring (bicyclic) bond motifs is 1. The lowest BCUT2D eigenvalue weighted by molar-refractivity contribution is -0.125. The summed E-state index contributed by atoms with van der Waals surface area (Å²) in [5.41, 5.74) is 3.82. The Labute approximate surface area is 195 Å². The lowest BCUT2D eigenvalue weighted by Crippen LogP contribution is -2.33. The van der Waals surface area contributed by atoms with Crippen molar-refractivity contribution < 1.29 is 4.79 Å². The van der Waals surface area contributed by atoms with Crippen molar-refractivity contribution in [2.24, 2.45) is 5.92 Å².